The highest BCUT2D eigenvalue weighted by molar-refractivity contribution is 8.13. The second-order valence-electron chi connectivity index (χ2n) is 2.63. The minimum absolute atomic E-state index is 0.148. The first-order valence-electron chi connectivity index (χ1n) is 4.52. The van der Waals surface area contributed by atoms with Gasteiger partial charge < -0.3 is 11.5 Å². The van der Waals surface area contributed by atoms with Crippen LogP contribution in [0.1, 0.15) is 19.3 Å². The summed E-state index contributed by atoms with van der Waals surface area (Å²) >= 11 is 2.66. The normalized spacial score (nSPS) is 9.07. The summed E-state index contributed by atoms with van der Waals surface area (Å²) in [5.41, 5.74) is 10.3. The molecular weight excluding hydrogens is 228 g/mol. The van der Waals surface area contributed by atoms with E-state index in [0.717, 1.165) is 30.8 Å². The van der Waals surface area contributed by atoms with Crippen LogP contribution in [0.3, 0.4) is 0 Å². The Bertz CT molecular complexity index is 267. The molecule has 0 aromatic heterocycles. The Morgan fingerprint density at radius 1 is 0.933 bits per heavy atom. The maximum absolute atomic E-state index is 6.98. The van der Waals surface area contributed by atoms with E-state index >= 15 is 0 Å². The van der Waals surface area contributed by atoms with E-state index in [4.69, 9.17) is 22.3 Å². The number of rotatable bonds is 5. The number of thioether (sulfide) groups is 2. The van der Waals surface area contributed by atoms with E-state index in [1.54, 1.807) is 0 Å². The van der Waals surface area contributed by atoms with Crippen molar-refractivity contribution in [2.75, 3.05) is 11.5 Å². The lowest BCUT2D eigenvalue weighted by Crippen LogP contribution is -2.04. The maximum atomic E-state index is 6.98. The van der Waals surface area contributed by atoms with Crippen LogP contribution < -0.4 is 11.5 Å². The molecule has 0 aliphatic heterocycles. The Morgan fingerprint density at radius 3 is 2.07 bits per heavy atom. The molecule has 0 aromatic carbocycles. The van der Waals surface area contributed by atoms with Crippen molar-refractivity contribution in [2.45, 2.75) is 19.3 Å². The summed E-state index contributed by atoms with van der Waals surface area (Å²) in [4.78, 5) is 0. The second-order valence-corrected chi connectivity index (χ2v) is 4.91. The van der Waals surface area contributed by atoms with Crippen LogP contribution in [0.15, 0.2) is 0 Å². The summed E-state index contributed by atoms with van der Waals surface area (Å²) in [6.07, 6.45) is 2.56. The Morgan fingerprint density at radius 2 is 1.47 bits per heavy atom. The predicted octanol–water partition coefficient (Wildman–Crippen LogP) is 1.41. The van der Waals surface area contributed by atoms with Crippen LogP contribution in [0.25, 0.3) is 0 Å². The van der Waals surface area contributed by atoms with Gasteiger partial charge in [0.25, 0.3) is 0 Å². The average Bonchev–Trinajstić information content (AvgIpc) is 2.14. The molecule has 84 valence electrons. The lowest BCUT2D eigenvalue weighted by molar-refractivity contribution is 0.997. The van der Waals surface area contributed by atoms with Crippen LogP contribution in [0, 0.1) is 22.7 Å². The fraction of sp³-hybridized carbons (Fsp3) is 0.556. The Labute approximate surface area is 99.0 Å². The van der Waals surface area contributed by atoms with Crippen molar-refractivity contribution < 1.29 is 0 Å². The molecular formula is C9H16N4S2. The van der Waals surface area contributed by atoms with Crippen LogP contribution in [-0.4, -0.2) is 21.8 Å². The van der Waals surface area contributed by atoms with Gasteiger partial charge in [0.2, 0.25) is 0 Å². The van der Waals surface area contributed by atoms with E-state index < -0.39 is 0 Å². The molecule has 0 heterocycles. The van der Waals surface area contributed by atoms with Crippen molar-refractivity contribution in [3.8, 4) is 11.8 Å². The number of hydrogen-bond acceptors (Lipinski definition) is 4. The largest absolute Gasteiger partial charge is 0.379 e. The fourth-order valence-corrected chi connectivity index (χ4v) is 1.66. The summed E-state index contributed by atoms with van der Waals surface area (Å²) in [7, 11) is 0. The van der Waals surface area contributed by atoms with Gasteiger partial charge in [-0.3, -0.25) is 10.8 Å². The molecule has 15 heavy (non-hydrogen) atoms. The number of hydrogen-bond donors (Lipinski definition) is 4. The standard InChI is InChI=1S/C9H16N4S2/c10-8(11)14-6-4-2-1-3-5-7-15-9(12)13/h2,4-7H2,(H3,10,11)(H3,12,13). The Balaban J connectivity index is 3.24. The molecule has 0 atom stereocenters. The first-order valence-corrected chi connectivity index (χ1v) is 6.49. The monoisotopic (exact) mass is 244 g/mol. The summed E-state index contributed by atoms with van der Waals surface area (Å²) < 4.78 is 0. The molecule has 0 aromatic rings. The highest BCUT2D eigenvalue weighted by Crippen LogP contribution is 2.02. The first kappa shape index (κ1) is 14.2. The van der Waals surface area contributed by atoms with Crippen LogP contribution in [0.5, 0.6) is 0 Å². The smallest absolute Gasteiger partial charge is 0.151 e. The minimum atomic E-state index is 0.148. The topological polar surface area (TPSA) is 99.7 Å². The molecule has 0 amide bonds. The average molecular weight is 244 g/mol. The Kier molecular flexibility index (Phi) is 9.22. The molecule has 0 aliphatic rings. The van der Waals surface area contributed by atoms with E-state index in [1.807, 2.05) is 0 Å². The van der Waals surface area contributed by atoms with E-state index in [0.29, 0.717) is 0 Å². The zero-order valence-electron chi connectivity index (χ0n) is 8.51. The third-order valence-corrected chi connectivity index (χ3v) is 2.84. The molecule has 0 rings (SSSR count). The fourth-order valence-electron chi connectivity index (χ4n) is 0.731. The quantitative estimate of drug-likeness (QED) is 0.254. The molecule has 0 bridgehead atoms. The second kappa shape index (κ2) is 9.74. The SMILES string of the molecule is N=C(N)SCCC#CCCCSC(=N)N. The van der Waals surface area contributed by atoms with Crippen LogP contribution >= 0.6 is 23.5 Å². The van der Waals surface area contributed by atoms with E-state index in [-0.39, 0.29) is 10.3 Å². The number of nitrogens with one attached hydrogen (secondary N) is 2. The van der Waals surface area contributed by atoms with Gasteiger partial charge in [0.05, 0.1) is 0 Å². The highest BCUT2D eigenvalue weighted by Gasteiger charge is 1.90. The number of nitrogens with two attached hydrogens (primary N) is 2. The van der Waals surface area contributed by atoms with E-state index in [2.05, 4.69) is 11.8 Å². The zero-order chi connectivity index (χ0) is 11.5. The molecule has 4 nitrogen and oxygen atoms in total. The van der Waals surface area contributed by atoms with Gasteiger partial charge in [-0.1, -0.05) is 23.5 Å². The van der Waals surface area contributed by atoms with Gasteiger partial charge in [0.1, 0.15) is 0 Å². The van der Waals surface area contributed by atoms with Gasteiger partial charge in [-0.15, -0.1) is 11.8 Å². The maximum Gasteiger partial charge on any atom is 0.151 e. The van der Waals surface area contributed by atoms with Gasteiger partial charge in [0, 0.05) is 24.3 Å². The number of unbranched alkanes of at least 4 members (excludes halogenated alkanes) is 1. The van der Waals surface area contributed by atoms with Crippen LogP contribution in [0.2, 0.25) is 0 Å². The molecule has 0 fully saturated rings. The highest BCUT2D eigenvalue weighted by atomic mass is 32.2. The summed E-state index contributed by atoms with van der Waals surface area (Å²) in [6.45, 7) is 0. The molecule has 0 unspecified atom stereocenters. The predicted molar refractivity (Wildman–Crippen MR) is 70.4 cm³/mol. The van der Waals surface area contributed by atoms with Crippen LogP contribution in [0.4, 0.5) is 0 Å². The summed E-state index contributed by atoms with van der Waals surface area (Å²) in [6, 6.07) is 0. The minimum Gasteiger partial charge on any atom is -0.379 e. The van der Waals surface area contributed by atoms with E-state index in [9.17, 15) is 0 Å². The molecule has 0 saturated carbocycles. The van der Waals surface area contributed by atoms with Crippen molar-refractivity contribution in [2.24, 2.45) is 11.5 Å². The van der Waals surface area contributed by atoms with Crippen molar-refractivity contribution >= 4 is 33.9 Å². The van der Waals surface area contributed by atoms with Crippen molar-refractivity contribution in [3.05, 3.63) is 0 Å². The van der Waals surface area contributed by atoms with Crippen molar-refractivity contribution in [3.63, 3.8) is 0 Å². The molecule has 0 saturated heterocycles. The van der Waals surface area contributed by atoms with Crippen molar-refractivity contribution in [1.29, 1.82) is 10.8 Å². The molecule has 0 radical (unpaired) electrons. The molecule has 6 N–H and O–H groups in total. The van der Waals surface area contributed by atoms with Gasteiger partial charge >= 0.3 is 0 Å². The van der Waals surface area contributed by atoms with Gasteiger partial charge in [-0.05, 0) is 6.42 Å². The summed E-state index contributed by atoms with van der Waals surface area (Å²) in [5, 5.41) is 14.3. The third-order valence-electron chi connectivity index (χ3n) is 1.31. The lowest BCUT2D eigenvalue weighted by atomic mass is 10.3. The van der Waals surface area contributed by atoms with Gasteiger partial charge in [0.15, 0.2) is 10.3 Å². The van der Waals surface area contributed by atoms with Gasteiger partial charge in [-0.2, -0.15) is 0 Å². The van der Waals surface area contributed by atoms with Gasteiger partial charge in [-0.25, -0.2) is 0 Å². The molecule has 0 aliphatic carbocycles. The number of amidine groups is 2. The molecule has 6 heteroatoms. The third kappa shape index (κ3) is 13.2. The van der Waals surface area contributed by atoms with E-state index in [1.165, 1.54) is 23.5 Å². The summed E-state index contributed by atoms with van der Waals surface area (Å²) in [5.74, 6) is 7.68. The zero-order valence-corrected chi connectivity index (χ0v) is 10.1. The first-order chi connectivity index (χ1) is 7.13. The molecule has 0 spiro atoms. The van der Waals surface area contributed by atoms with Crippen molar-refractivity contribution in [1.82, 2.24) is 0 Å². The lowest BCUT2D eigenvalue weighted by Gasteiger charge is -1.94. The van der Waals surface area contributed by atoms with Crippen LogP contribution in [-0.2, 0) is 0 Å². The Hall–Kier alpha value is -0.800.